The second kappa shape index (κ2) is 8.48. The summed E-state index contributed by atoms with van der Waals surface area (Å²) in [6.45, 7) is 6.14. The molecule has 0 aromatic carbocycles. The van der Waals surface area contributed by atoms with Crippen LogP contribution in [0, 0.1) is 11.8 Å². The largest absolute Gasteiger partial charge is 0.369 e. The van der Waals surface area contributed by atoms with Gasteiger partial charge in [0.2, 0.25) is 11.8 Å². The van der Waals surface area contributed by atoms with Gasteiger partial charge < -0.3 is 11.1 Å². The average Bonchev–Trinajstić information content (AvgIpc) is 2.52. The van der Waals surface area contributed by atoms with E-state index < -0.39 is 0 Å². The highest BCUT2D eigenvalue weighted by Crippen LogP contribution is 2.25. The standard InChI is InChI=1S/C18H31N3O2/c1-13(2)17(20-18(23)14-7-4-3-5-8-14)15-9-6-10-21(11-15)12-16(19)22/h9,13-14,17H,3-8,10-12H2,1-2H3,(H2,19,22)(H,20,23). The third kappa shape index (κ3) is 5.34. The number of primary amides is 1. The molecule has 1 aliphatic heterocycles. The lowest BCUT2D eigenvalue weighted by Gasteiger charge is -2.34. The van der Waals surface area contributed by atoms with Crippen molar-refractivity contribution < 1.29 is 9.59 Å². The number of carbonyl (C=O) groups is 2. The zero-order chi connectivity index (χ0) is 16.8. The van der Waals surface area contributed by atoms with Crippen molar-refractivity contribution in [2.75, 3.05) is 19.6 Å². The molecule has 0 saturated heterocycles. The summed E-state index contributed by atoms with van der Waals surface area (Å²) in [6.07, 6.45) is 8.76. The summed E-state index contributed by atoms with van der Waals surface area (Å²) in [7, 11) is 0. The van der Waals surface area contributed by atoms with Crippen LogP contribution in [0.3, 0.4) is 0 Å². The van der Waals surface area contributed by atoms with Crippen LogP contribution in [0.1, 0.15) is 52.4 Å². The molecule has 1 saturated carbocycles. The number of hydrogen-bond acceptors (Lipinski definition) is 3. The van der Waals surface area contributed by atoms with Gasteiger partial charge in [-0.2, -0.15) is 0 Å². The van der Waals surface area contributed by atoms with Crippen molar-refractivity contribution in [2.24, 2.45) is 17.6 Å². The van der Waals surface area contributed by atoms with E-state index in [9.17, 15) is 9.59 Å². The van der Waals surface area contributed by atoms with Crippen molar-refractivity contribution in [3.05, 3.63) is 11.6 Å². The van der Waals surface area contributed by atoms with E-state index in [2.05, 4.69) is 30.1 Å². The number of nitrogens with two attached hydrogens (primary N) is 1. The van der Waals surface area contributed by atoms with Crippen molar-refractivity contribution in [1.29, 1.82) is 0 Å². The first-order valence-corrected chi connectivity index (χ1v) is 8.97. The van der Waals surface area contributed by atoms with E-state index in [0.717, 1.165) is 32.4 Å². The summed E-state index contributed by atoms with van der Waals surface area (Å²) in [5.41, 5.74) is 6.53. The Labute approximate surface area is 139 Å². The third-order valence-electron chi connectivity index (χ3n) is 4.98. The molecule has 0 aromatic heterocycles. The summed E-state index contributed by atoms with van der Waals surface area (Å²) in [6, 6.07) is 0.0557. The minimum atomic E-state index is -0.293. The van der Waals surface area contributed by atoms with Crippen molar-refractivity contribution in [3.63, 3.8) is 0 Å². The highest BCUT2D eigenvalue weighted by atomic mass is 16.2. The predicted octanol–water partition coefficient (Wildman–Crippen LogP) is 1.82. The Morgan fingerprint density at radius 1 is 1.30 bits per heavy atom. The Kier molecular flexibility index (Phi) is 6.63. The van der Waals surface area contributed by atoms with Gasteiger partial charge in [-0.1, -0.05) is 39.2 Å². The van der Waals surface area contributed by atoms with E-state index in [0.29, 0.717) is 12.5 Å². The van der Waals surface area contributed by atoms with Crippen molar-refractivity contribution >= 4 is 11.8 Å². The molecule has 1 fully saturated rings. The molecular formula is C18H31N3O2. The fraction of sp³-hybridized carbons (Fsp3) is 0.778. The van der Waals surface area contributed by atoms with Gasteiger partial charge in [-0.15, -0.1) is 0 Å². The van der Waals surface area contributed by atoms with E-state index in [1.807, 2.05) is 0 Å². The summed E-state index contributed by atoms with van der Waals surface area (Å²) >= 11 is 0. The van der Waals surface area contributed by atoms with Crippen LogP contribution in [0.25, 0.3) is 0 Å². The Balaban J connectivity index is 1.98. The van der Waals surface area contributed by atoms with E-state index in [-0.39, 0.29) is 23.8 Å². The first-order chi connectivity index (χ1) is 11.0. The first-order valence-electron chi connectivity index (χ1n) is 8.97. The van der Waals surface area contributed by atoms with Gasteiger partial charge >= 0.3 is 0 Å². The summed E-state index contributed by atoms with van der Waals surface area (Å²) in [4.78, 5) is 25.8. The molecule has 3 N–H and O–H groups in total. The molecule has 1 aliphatic carbocycles. The molecule has 0 aromatic rings. The molecule has 0 bridgehead atoms. The van der Waals surface area contributed by atoms with Crippen LogP contribution < -0.4 is 11.1 Å². The number of nitrogens with one attached hydrogen (secondary N) is 1. The van der Waals surface area contributed by atoms with Gasteiger partial charge in [-0.3, -0.25) is 14.5 Å². The maximum atomic E-state index is 12.6. The Bertz CT molecular complexity index is 453. The van der Waals surface area contributed by atoms with E-state index in [1.165, 1.54) is 24.8 Å². The molecule has 0 spiro atoms. The van der Waals surface area contributed by atoms with Gasteiger partial charge in [0, 0.05) is 19.0 Å². The van der Waals surface area contributed by atoms with Gasteiger partial charge in [0.15, 0.2) is 0 Å². The second-order valence-electron chi connectivity index (χ2n) is 7.31. The molecule has 1 atom stereocenters. The normalized spacial score (nSPS) is 21.8. The zero-order valence-electron chi connectivity index (χ0n) is 14.5. The number of amides is 2. The molecule has 130 valence electrons. The number of carbonyl (C=O) groups excluding carboxylic acids is 2. The molecule has 2 rings (SSSR count). The van der Waals surface area contributed by atoms with E-state index in [4.69, 9.17) is 5.73 Å². The van der Waals surface area contributed by atoms with Crippen LogP contribution in [-0.4, -0.2) is 42.4 Å². The third-order valence-corrected chi connectivity index (χ3v) is 4.98. The molecule has 2 amide bonds. The van der Waals surface area contributed by atoms with Gasteiger partial charge in [0.1, 0.15) is 0 Å². The number of rotatable bonds is 6. The number of nitrogens with zero attached hydrogens (tertiary/aromatic N) is 1. The lowest BCUT2D eigenvalue weighted by atomic mass is 9.87. The van der Waals surface area contributed by atoms with Crippen molar-refractivity contribution in [2.45, 2.75) is 58.4 Å². The van der Waals surface area contributed by atoms with Gasteiger partial charge in [0.05, 0.1) is 12.6 Å². The van der Waals surface area contributed by atoms with Gasteiger partial charge in [0.25, 0.3) is 0 Å². The molecule has 23 heavy (non-hydrogen) atoms. The lowest BCUT2D eigenvalue weighted by molar-refractivity contribution is -0.126. The fourth-order valence-corrected chi connectivity index (χ4v) is 3.74. The smallest absolute Gasteiger partial charge is 0.231 e. The topological polar surface area (TPSA) is 75.4 Å². The monoisotopic (exact) mass is 321 g/mol. The fourth-order valence-electron chi connectivity index (χ4n) is 3.74. The SMILES string of the molecule is CC(C)C(NC(=O)C1CCCCC1)C1=CCCN(CC(N)=O)C1. The maximum absolute atomic E-state index is 12.6. The average molecular weight is 321 g/mol. The lowest BCUT2D eigenvalue weighted by Crippen LogP contribution is -2.47. The van der Waals surface area contributed by atoms with Crippen LogP contribution in [0.2, 0.25) is 0 Å². The van der Waals surface area contributed by atoms with Crippen LogP contribution in [0.4, 0.5) is 0 Å². The predicted molar refractivity (Wildman–Crippen MR) is 91.7 cm³/mol. The molecule has 5 nitrogen and oxygen atoms in total. The first kappa shape index (κ1) is 18.0. The minimum absolute atomic E-state index is 0.0557. The molecule has 1 heterocycles. The van der Waals surface area contributed by atoms with Crippen LogP contribution in [0.15, 0.2) is 11.6 Å². The van der Waals surface area contributed by atoms with Crippen LogP contribution >= 0.6 is 0 Å². The van der Waals surface area contributed by atoms with Gasteiger partial charge in [-0.25, -0.2) is 0 Å². The van der Waals surface area contributed by atoms with Crippen LogP contribution in [-0.2, 0) is 9.59 Å². The van der Waals surface area contributed by atoms with E-state index >= 15 is 0 Å². The Morgan fingerprint density at radius 3 is 2.61 bits per heavy atom. The molecule has 2 aliphatic rings. The Hall–Kier alpha value is -1.36. The molecule has 0 radical (unpaired) electrons. The van der Waals surface area contributed by atoms with Crippen LogP contribution in [0.5, 0.6) is 0 Å². The zero-order valence-corrected chi connectivity index (χ0v) is 14.5. The maximum Gasteiger partial charge on any atom is 0.231 e. The molecule has 5 heteroatoms. The summed E-state index contributed by atoms with van der Waals surface area (Å²) in [5, 5.41) is 3.28. The highest BCUT2D eigenvalue weighted by molar-refractivity contribution is 5.79. The van der Waals surface area contributed by atoms with Crippen molar-refractivity contribution in [3.8, 4) is 0 Å². The Morgan fingerprint density at radius 2 is 2.00 bits per heavy atom. The number of hydrogen-bond donors (Lipinski definition) is 2. The minimum Gasteiger partial charge on any atom is -0.369 e. The molecular weight excluding hydrogens is 290 g/mol. The van der Waals surface area contributed by atoms with E-state index in [1.54, 1.807) is 0 Å². The van der Waals surface area contributed by atoms with Gasteiger partial charge in [-0.05, 0) is 30.8 Å². The highest BCUT2D eigenvalue weighted by Gasteiger charge is 2.28. The van der Waals surface area contributed by atoms with Crippen molar-refractivity contribution in [1.82, 2.24) is 10.2 Å². The second-order valence-corrected chi connectivity index (χ2v) is 7.31. The quantitative estimate of drug-likeness (QED) is 0.733. The summed E-state index contributed by atoms with van der Waals surface area (Å²) in [5.74, 6) is 0.424. The summed E-state index contributed by atoms with van der Waals surface area (Å²) < 4.78 is 0. The molecule has 1 unspecified atom stereocenters.